The summed E-state index contributed by atoms with van der Waals surface area (Å²) >= 11 is 0. The predicted octanol–water partition coefficient (Wildman–Crippen LogP) is 2.27. The molecule has 0 saturated carbocycles. The fourth-order valence-electron chi connectivity index (χ4n) is 1.07. The van der Waals surface area contributed by atoms with Crippen molar-refractivity contribution in [2.45, 2.75) is 6.92 Å². The van der Waals surface area contributed by atoms with E-state index in [9.17, 15) is 0 Å². The van der Waals surface area contributed by atoms with Crippen molar-refractivity contribution in [3.63, 3.8) is 0 Å². The summed E-state index contributed by atoms with van der Waals surface area (Å²) in [5.74, 6) is 0. The number of allylic oxidation sites excluding steroid dienone is 1. The van der Waals surface area contributed by atoms with Crippen LogP contribution in [0.15, 0.2) is 30.3 Å². The van der Waals surface area contributed by atoms with E-state index in [4.69, 9.17) is 0 Å². The van der Waals surface area contributed by atoms with Crippen molar-refractivity contribution in [1.82, 2.24) is 5.43 Å². The van der Waals surface area contributed by atoms with Crippen molar-refractivity contribution in [1.29, 1.82) is 0 Å². The van der Waals surface area contributed by atoms with Gasteiger partial charge < -0.3 is 5.43 Å². The van der Waals surface area contributed by atoms with Gasteiger partial charge in [-0.1, -0.05) is 30.4 Å². The highest BCUT2D eigenvalue weighted by atomic mass is 15.3. The summed E-state index contributed by atoms with van der Waals surface area (Å²) in [4.78, 5) is 0. The van der Waals surface area contributed by atoms with Crippen molar-refractivity contribution in [3.05, 3.63) is 35.9 Å². The van der Waals surface area contributed by atoms with Gasteiger partial charge in [0.25, 0.3) is 0 Å². The van der Waals surface area contributed by atoms with Crippen LogP contribution in [0.25, 0.3) is 6.08 Å². The molecule has 1 aromatic carbocycles. The van der Waals surface area contributed by atoms with Gasteiger partial charge in [0.1, 0.15) is 0 Å². The van der Waals surface area contributed by atoms with Crippen molar-refractivity contribution < 1.29 is 0 Å². The van der Waals surface area contributed by atoms with Gasteiger partial charge in [0, 0.05) is 7.05 Å². The van der Waals surface area contributed by atoms with Gasteiger partial charge in [-0.2, -0.15) is 0 Å². The molecular weight excluding hydrogens is 148 g/mol. The first-order valence-electron chi connectivity index (χ1n) is 4.03. The highest BCUT2D eigenvalue weighted by Crippen LogP contribution is 2.14. The van der Waals surface area contributed by atoms with E-state index in [1.165, 1.54) is 5.56 Å². The second-order valence-corrected chi connectivity index (χ2v) is 2.46. The van der Waals surface area contributed by atoms with Crippen LogP contribution >= 0.6 is 0 Å². The maximum Gasteiger partial charge on any atom is 0.0559 e. The summed E-state index contributed by atoms with van der Waals surface area (Å²) in [6.07, 6.45) is 4.09. The van der Waals surface area contributed by atoms with E-state index in [0.29, 0.717) is 0 Å². The molecule has 0 saturated heterocycles. The molecule has 64 valence electrons. The van der Waals surface area contributed by atoms with Crippen molar-refractivity contribution >= 4 is 11.8 Å². The van der Waals surface area contributed by atoms with Gasteiger partial charge in [0.05, 0.1) is 5.69 Å². The summed E-state index contributed by atoms with van der Waals surface area (Å²) in [5, 5.41) is 0. The van der Waals surface area contributed by atoms with Gasteiger partial charge in [-0.05, 0) is 18.6 Å². The van der Waals surface area contributed by atoms with Gasteiger partial charge in [-0.25, -0.2) is 5.43 Å². The number of rotatable bonds is 3. The lowest BCUT2D eigenvalue weighted by Gasteiger charge is -2.06. The van der Waals surface area contributed by atoms with E-state index in [1.54, 1.807) is 0 Å². The fourth-order valence-corrected chi connectivity index (χ4v) is 1.07. The lowest BCUT2D eigenvalue weighted by molar-refractivity contribution is 0.983. The molecule has 0 spiro atoms. The molecule has 0 aliphatic rings. The molecule has 0 aliphatic carbocycles. The fraction of sp³-hybridized carbons (Fsp3) is 0.200. The molecule has 0 atom stereocenters. The summed E-state index contributed by atoms with van der Waals surface area (Å²) in [6.45, 7) is 2.01. The van der Waals surface area contributed by atoms with Gasteiger partial charge in [-0.15, -0.1) is 0 Å². The van der Waals surface area contributed by atoms with Crippen LogP contribution in [0.4, 0.5) is 5.69 Å². The molecule has 12 heavy (non-hydrogen) atoms. The number of hydrogen-bond acceptors (Lipinski definition) is 2. The van der Waals surface area contributed by atoms with E-state index in [0.717, 1.165) is 5.69 Å². The van der Waals surface area contributed by atoms with Crippen LogP contribution in [0.5, 0.6) is 0 Å². The SMILES string of the molecule is C/C=C/c1ccccc1NNC. The Hall–Kier alpha value is -1.28. The molecule has 0 unspecified atom stereocenters. The summed E-state index contributed by atoms with van der Waals surface area (Å²) < 4.78 is 0. The number of anilines is 1. The highest BCUT2D eigenvalue weighted by Gasteiger charge is 1.93. The van der Waals surface area contributed by atoms with Gasteiger partial charge in [0.2, 0.25) is 0 Å². The molecule has 0 bridgehead atoms. The number of hydrogen-bond donors (Lipinski definition) is 2. The summed E-state index contributed by atoms with van der Waals surface area (Å²) in [6, 6.07) is 8.13. The summed E-state index contributed by atoms with van der Waals surface area (Å²) in [5.41, 5.74) is 8.24. The predicted molar refractivity (Wildman–Crippen MR) is 53.8 cm³/mol. The largest absolute Gasteiger partial charge is 0.321 e. The molecule has 0 fully saturated rings. The van der Waals surface area contributed by atoms with Crippen LogP contribution in [-0.2, 0) is 0 Å². The minimum Gasteiger partial charge on any atom is -0.321 e. The third-order valence-electron chi connectivity index (χ3n) is 1.57. The molecular formula is C10H14N2. The second-order valence-electron chi connectivity index (χ2n) is 2.46. The maximum atomic E-state index is 3.06. The molecule has 0 amide bonds. The molecule has 0 aliphatic heterocycles. The van der Waals surface area contributed by atoms with Crippen LogP contribution in [0.3, 0.4) is 0 Å². The number of benzene rings is 1. The average molecular weight is 162 g/mol. The third kappa shape index (κ3) is 2.10. The Bertz CT molecular complexity index is 266. The standard InChI is InChI=1S/C10H14N2/c1-3-6-9-7-4-5-8-10(9)12-11-2/h3-8,11-12H,1-2H3/b6-3+. The van der Waals surface area contributed by atoms with E-state index in [1.807, 2.05) is 38.2 Å². The first kappa shape index (κ1) is 8.81. The smallest absolute Gasteiger partial charge is 0.0559 e. The van der Waals surface area contributed by atoms with Crippen LogP contribution < -0.4 is 10.9 Å². The minimum atomic E-state index is 1.10. The Morgan fingerprint density at radius 3 is 2.67 bits per heavy atom. The molecule has 2 heteroatoms. The zero-order valence-corrected chi connectivity index (χ0v) is 7.46. The van der Waals surface area contributed by atoms with Gasteiger partial charge in [-0.3, -0.25) is 0 Å². The van der Waals surface area contributed by atoms with Crippen LogP contribution in [-0.4, -0.2) is 7.05 Å². The van der Waals surface area contributed by atoms with E-state index in [2.05, 4.69) is 23.0 Å². The highest BCUT2D eigenvalue weighted by molar-refractivity contribution is 5.65. The van der Waals surface area contributed by atoms with Crippen molar-refractivity contribution in [2.24, 2.45) is 0 Å². The molecule has 1 rings (SSSR count). The van der Waals surface area contributed by atoms with Gasteiger partial charge >= 0.3 is 0 Å². The Balaban J connectivity index is 2.91. The first-order chi connectivity index (χ1) is 5.88. The van der Waals surface area contributed by atoms with Crippen LogP contribution in [0.1, 0.15) is 12.5 Å². The lowest BCUT2D eigenvalue weighted by atomic mass is 10.2. The average Bonchev–Trinajstić information content (AvgIpc) is 2.09. The Kier molecular flexibility index (Phi) is 3.35. The normalized spacial score (nSPS) is 10.5. The zero-order valence-electron chi connectivity index (χ0n) is 7.46. The zero-order chi connectivity index (χ0) is 8.81. The van der Waals surface area contributed by atoms with E-state index in [-0.39, 0.29) is 0 Å². The molecule has 1 aromatic rings. The number of nitrogens with one attached hydrogen (secondary N) is 2. The van der Waals surface area contributed by atoms with Crippen LogP contribution in [0.2, 0.25) is 0 Å². The topological polar surface area (TPSA) is 24.1 Å². The minimum absolute atomic E-state index is 1.10. The van der Waals surface area contributed by atoms with Crippen LogP contribution in [0, 0.1) is 0 Å². The number of hydrazine groups is 1. The Morgan fingerprint density at radius 1 is 1.25 bits per heavy atom. The molecule has 0 radical (unpaired) electrons. The van der Waals surface area contributed by atoms with Crippen molar-refractivity contribution in [2.75, 3.05) is 12.5 Å². The second kappa shape index (κ2) is 4.57. The maximum absolute atomic E-state index is 3.06. The van der Waals surface area contributed by atoms with Gasteiger partial charge in [0.15, 0.2) is 0 Å². The van der Waals surface area contributed by atoms with Crippen molar-refractivity contribution in [3.8, 4) is 0 Å². The first-order valence-corrected chi connectivity index (χ1v) is 4.03. The Morgan fingerprint density at radius 2 is 2.00 bits per heavy atom. The molecule has 0 heterocycles. The van der Waals surface area contributed by atoms with E-state index >= 15 is 0 Å². The monoisotopic (exact) mass is 162 g/mol. The van der Waals surface area contributed by atoms with E-state index < -0.39 is 0 Å². The molecule has 0 aromatic heterocycles. The quantitative estimate of drug-likeness (QED) is 0.666. The Labute approximate surface area is 73.3 Å². The summed E-state index contributed by atoms with van der Waals surface area (Å²) in [7, 11) is 1.85. The molecule has 2 N–H and O–H groups in total. The lowest BCUT2D eigenvalue weighted by Crippen LogP contribution is -2.15. The third-order valence-corrected chi connectivity index (χ3v) is 1.57. The molecule has 2 nitrogen and oxygen atoms in total. The number of para-hydroxylation sites is 1.